The highest BCUT2D eigenvalue weighted by Gasteiger charge is 2.32. The van der Waals surface area contributed by atoms with Gasteiger partial charge in [0.25, 0.3) is 0 Å². The molecule has 4 rings (SSSR count). The van der Waals surface area contributed by atoms with Crippen molar-refractivity contribution in [3.63, 3.8) is 0 Å². The molecule has 170 valence electrons. The Hall–Kier alpha value is -3.00. The molecule has 1 aliphatic heterocycles. The minimum Gasteiger partial charge on any atom is -0.497 e. The van der Waals surface area contributed by atoms with Gasteiger partial charge in [0.05, 0.1) is 24.5 Å². The lowest BCUT2D eigenvalue weighted by atomic mass is 10.0. The van der Waals surface area contributed by atoms with Crippen molar-refractivity contribution in [1.82, 2.24) is 19.4 Å². The molecule has 2 heterocycles. The standard InChI is InChI=1S/C24H28F2N4O2/c1-16(2)23(30-15-27-21-12-19(25)20(26)13-22(21)30)24(31)29-10-8-28(9-11-29)14-17-4-6-18(32-3)7-5-17/h4-7,12-13,15-16,23H,8-11,14H2,1-3H3. The number of rotatable bonds is 6. The smallest absolute Gasteiger partial charge is 0.246 e. The van der Waals surface area contributed by atoms with Gasteiger partial charge in [-0.15, -0.1) is 0 Å². The molecule has 0 radical (unpaired) electrons. The molecule has 1 saturated heterocycles. The fourth-order valence-corrected chi connectivity index (χ4v) is 4.27. The average molecular weight is 443 g/mol. The monoisotopic (exact) mass is 442 g/mol. The number of hydrogen-bond donors (Lipinski definition) is 0. The minimum atomic E-state index is -0.943. The molecule has 0 spiro atoms. The molecule has 0 saturated carbocycles. The van der Waals surface area contributed by atoms with Gasteiger partial charge >= 0.3 is 0 Å². The Morgan fingerprint density at radius 2 is 1.72 bits per heavy atom. The third-order valence-electron chi connectivity index (χ3n) is 6.05. The van der Waals surface area contributed by atoms with Gasteiger partial charge in [-0.1, -0.05) is 26.0 Å². The fraction of sp³-hybridized carbons (Fsp3) is 0.417. The Bertz CT molecular complexity index is 1090. The maximum Gasteiger partial charge on any atom is 0.246 e. The molecule has 32 heavy (non-hydrogen) atoms. The van der Waals surface area contributed by atoms with Crippen LogP contribution in [-0.2, 0) is 11.3 Å². The summed E-state index contributed by atoms with van der Waals surface area (Å²) in [6.07, 6.45) is 1.51. The molecule has 6 nitrogen and oxygen atoms in total. The second-order valence-corrected chi connectivity index (χ2v) is 8.55. The minimum absolute atomic E-state index is 0.0202. The molecule has 1 aliphatic rings. The van der Waals surface area contributed by atoms with Gasteiger partial charge in [0.15, 0.2) is 11.6 Å². The number of ether oxygens (including phenoxy) is 1. The number of aromatic nitrogens is 2. The van der Waals surface area contributed by atoms with Crippen LogP contribution in [0.4, 0.5) is 8.78 Å². The normalized spacial score (nSPS) is 16.0. The number of benzene rings is 2. The SMILES string of the molecule is COc1ccc(CN2CCN(C(=O)C(C(C)C)n3cnc4cc(F)c(F)cc43)CC2)cc1. The van der Waals surface area contributed by atoms with E-state index in [-0.39, 0.29) is 11.8 Å². The van der Waals surface area contributed by atoms with E-state index < -0.39 is 17.7 Å². The first kappa shape index (κ1) is 22.2. The van der Waals surface area contributed by atoms with Crippen molar-refractivity contribution in [1.29, 1.82) is 0 Å². The van der Waals surface area contributed by atoms with Crippen molar-refractivity contribution in [2.75, 3.05) is 33.3 Å². The van der Waals surface area contributed by atoms with Crippen molar-refractivity contribution in [2.45, 2.75) is 26.4 Å². The summed E-state index contributed by atoms with van der Waals surface area (Å²) in [6, 6.07) is 9.67. The zero-order valence-electron chi connectivity index (χ0n) is 18.6. The molecular formula is C24H28F2N4O2. The molecule has 1 aromatic heterocycles. The van der Waals surface area contributed by atoms with Crippen LogP contribution < -0.4 is 4.74 Å². The van der Waals surface area contributed by atoms with Crippen LogP contribution in [0.3, 0.4) is 0 Å². The van der Waals surface area contributed by atoms with E-state index in [1.165, 1.54) is 11.9 Å². The summed E-state index contributed by atoms with van der Waals surface area (Å²) in [4.78, 5) is 21.8. The Balaban J connectivity index is 1.45. The molecule has 0 N–H and O–H groups in total. The molecule has 2 aromatic carbocycles. The van der Waals surface area contributed by atoms with Crippen LogP contribution >= 0.6 is 0 Å². The van der Waals surface area contributed by atoms with E-state index in [4.69, 9.17) is 4.74 Å². The highest BCUT2D eigenvalue weighted by molar-refractivity contribution is 5.84. The first-order chi connectivity index (χ1) is 15.4. The molecule has 8 heteroatoms. The number of carbonyl (C=O) groups excluding carboxylic acids is 1. The second kappa shape index (κ2) is 9.24. The number of methoxy groups -OCH3 is 1. The fourth-order valence-electron chi connectivity index (χ4n) is 4.27. The third kappa shape index (κ3) is 4.46. The highest BCUT2D eigenvalue weighted by Crippen LogP contribution is 2.27. The van der Waals surface area contributed by atoms with Gasteiger partial charge in [0.2, 0.25) is 5.91 Å². The highest BCUT2D eigenvalue weighted by atomic mass is 19.2. The summed E-state index contributed by atoms with van der Waals surface area (Å²) in [7, 11) is 1.65. The van der Waals surface area contributed by atoms with Gasteiger partial charge in [0.1, 0.15) is 11.8 Å². The average Bonchev–Trinajstić information content (AvgIpc) is 3.17. The summed E-state index contributed by atoms with van der Waals surface area (Å²) >= 11 is 0. The quantitative estimate of drug-likeness (QED) is 0.582. The Kier molecular flexibility index (Phi) is 6.41. The maximum atomic E-state index is 13.9. The van der Waals surface area contributed by atoms with Gasteiger partial charge in [0, 0.05) is 44.9 Å². The van der Waals surface area contributed by atoms with Gasteiger partial charge < -0.3 is 14.2 Å². The second-order valence-electron chi connectivity index (χ2n) is 8.55. The van der Waals surface area contributed by atoms with Gasteiger partial charge in [-0.2, -0.15) is 0 Å². The van der Waals surface area contributed by atoms with Gasteiger partial charge in [-0.05, 0) is 23.6 Å². The molecule has 1 unspecified atom stereocenters. The summed E-state index contributed by atoms with van der Waals surface area (Å²) in [5, 5.41) is 0. The zero-order chi connectivity index (χ0) is 22.8. The van der Waals surface area contributed by atoms with Gasteiger partial charge in [-0.25, -0.2) is 13.8 Å². The summed E-state index contributed by atoms with van der Waals surface area (Å²) in [6.45, 7) is 7.50. The van der Waals surface area contributed by atoms with E-state index in [0.29, 0.717) is 24.1 Å². The van der Waals surface area contributed by atoms with E-state index in [0.717, 1.165) is 37.5 Å². The number of carbonyl (C=O) groups is 1. The van der Waals surface area contributed by atoms with Crippen LogP contribution in [0.2, 0.25) is 0 Å². The van der Waals surface area contributed by atoms with Crippen LogP contribution in [0.25, 0.3) is 11.0 Å². The van der Waals surface area contributed by atoms with E-state index in [1.807, 2.05) is 30.9 Å². The van der Waals surface area contributed by atoms with Crippen molar-refractivity contribution in [3.8, 4) is 5.75 Å². The van der Waals surface area contributed by atoms with Crippen LogP contribution in [0.15, 0.2) is 42.7 Å². The van der Waals surface area contributed by atoms with Crippen molar-refractivity contribution in [2.24, 2.45) is 5.92 Å². The zero-order valence-corrected chi connectivity index (χ0v) is 18.6. The van der Waals surface area contributed by atoms with Crippen LogP contribution in [0.5, 0.6) is 5.75 Å². The topological polar surface area (TPSA) is 50.6 Å². The molecule has 1 fully saturated rings. The predicted octanol–water partition coefficient (Wildman–Crippen LogP) is 3.86. The number of halogens is 2. The van der Waals surface area contributed by atoms with Crippen LogP contribution in [0, 0.1) is 17.6 Å². The van der Waals surface area contributed by atoms with E-state index in [2.05, 4.69) is 22.0 Å². The largest absolute Gasteiger partial charge is 0.497 e. The first-order valence-corrected chi connectivity index (χ1v) is 10.8. The molecule has 1 atom stereocenters. The maximum absolute atomic E-state index is 13.9. The number of nitrogens with zero attached hydrogens (tertiary/aromatic N) is 4. The number of imidazole rings is 1. The molecule has 1 amide bonds. The molecule has 0 aliphatic carbocycles. The third-order valence-corrected chi connectivity index (χ3v) is 6.05. The summed E-state index contributed by atoms with van der Waals surface area (Å²) < 4.78 is 34.3. The Labute approximate surface area is 186 Å². The van der Waals surface area contributed by atoms with Gasteiger partial charge in [-0.3, -0.25) is 9.69 Å². The van der Waals surface area contributed by atoms with Crippen LogP contribution in [-0.4, -0.2) is 58.5 Å². The Morgan fingerprint density at radius 1 is 1.06 bits per heavy atom. The Morgan fingerprint density at radius 3 is 2.34 bits per heavy atom. The summed E-state index contributed by atoms with van der Waals surface area (Å²) in [5.41, 5.74) is 1.96. The molecular weight excluding hydrogens is 414 g/mol. The first-order valence-electron chi connectivity index (χ1n) is 10.8. The van der Waals surface area contributed by atoms with Crippen LogP contribution in [0.1, 0.15) is 25.5 Å². The van der Waals surface area contributed by atoms with Crippen molar-refractivity contribution in [3.05, 3.63) is 59.9 Å². The van der Waals surface area contributed by atoms with E-state index >= 15 is 0 Å². The van der Waals surface area contributed by atoms with Crippen molar-refractivity contribution >= 4 is 16.9 Å². The molecule has 3 aromatic rings. The lowest BCUT2D eigenvalue weighted by Gasteiger charge is -2.37. The van der Waals surface area contributed by atoms with E-state index in [1.54, 1.807) is 11.7 Å². The van der Waals surface area contributed by atoms with Crippen molar-refractivity contribution < 1.29 is 18.3 Å². The number of fused-ring (bicyclic) bond motifs is 1. The number of amides is 1. The van der Waals surface area contributed by atoms with E-state index in [9.17, 15) is 13.6 Å². The molecule has 0 bridgehead atoms. The predicted molar refractivity (Wildman–Crippen MR) is 118 cm³/mol. The number of hydrogen-bond acceptors (Lipinski definition) is 4. The summed E-state index contributed by atoms with van der Waals surface area (Å²) in [5.74, 6) is -1.11. The number of piperazine rings is 1. The lowest BCUT2D eigenvalue weighted by Crippen LogP contribution is -2.50. The lowest BCUT2D eigenvalue weighted by molar-refractivity contribution is -0.137.